The summed E-state index contributed by atoms with van der Waals surface area (Å²) in [7, 11) is 0. The van der Waals surface area contributed by atoms with Crippen LogP contribution in [0.4, 0.5) is 0 Å². The maximum Gasteiger partial charge on any atom is 0.274 e. The van der Waals surface area contributed by atoms with Crippen molar-refractivity contribution in [1.29, 1.82) is 0 Å². The molecule has 7 rings (SSSR count). The van der Waals surface area contributed by atoms with E-state index in [9.17, 15) is 14.4 Å². The first-order valence-electron chi connectivity index (χ1n) is 11.9. The van der Waals surface area contributed by atoms with Gasteiger partial charge in [0.25, 0.3) is 11.1 Å². The molecular weight excluding hydrogens is 444 g/mol. The quantitative estimate of drug-likeness (QED) is 0.335. The molecule has 35 heavy (non-hydrogen) atoms. The average Bonchev–Trinajstić information content (AvgIpc) is 3.40. The largest absolute Gasteiger partial charge is 0.454 e. The van der Waals surface area contributed by atoms with Gasteiger partial charge in [0.2, 0.25) is 0 Å². The molecule has 0 atom stereocenters. The highest BCUT2D eigenvalue weighted by Crippen LogP contribution is 2.39. The molecule has 0 spiro atoms. The highest BCUT2D eigenvalue weighted by Gasteiger charge is 2.26. The number of benzene rings is 2. The molecule has 0 bridgehead atoms. The Morgan fingerprint density at radius 3 is 2.57 bits per heavy atom. The van der Waals surface area contributed by atoms with Crippen molar-refractivity contribution in [3.8, 4) is 11.1 Å². The minimum absolute atomic E-state index is 0.164. The maximum atomic E-state index is 13.4. The molecular formula is C27H22N4O4. The average molecular weight is 466 g/mol. The summed E-state index contributed by atoms with van der Waals surface area (Å²) in [6.07, 6.45) is 5.35. The van der Waals surface area contributed by atoms with Gasteiger partial charge in [0, 0.05) is 22.5 Å². The van der Waals surface area contributed by atoms with Gasteiger partial charge < -0.3 is 14.4 Å². The number of aromatic nitrogens is 4. The molecule has 1 fully saturated rings. The van der Waals surface area contributed by atoms with Gasteiger partial charge >= 0.3 is 0 Å². The van der Waals surface area contributed by atoms with Crippen LogP contribution in [-0.4, -0.2) is 19.7 Å². The van der Waals surface area contributed by atoms with Crippen LogP contribution in [-0.2, 0) is 0 Å². The summed E-state index contributed by atoms with van der Waals surface area (Å²) in [5.41, 5.74) is 2.80. The Morgan fingerprint density at radius 2 is 1.71 bits per heavy atom. The van der Waals surface area contributed by atoms with Crippen LogP contribution >= 0.6 is 0 Å². The van der Waals surface area contributed by atoms with E-state index in [4.69, 9.17) is 4.42 Å². The Hall–Kier alpha value is -4.33. The molecule has 4 aromatic heterocycles. The van der Waals surface area contributed by atoms with E-state index >= 15 is 0 Å². The number of nitrogens with one attached hydrogen (secondary N) is 3. The number of hydrogen-bond acceptors (Lipinski definition) is 4. The van der Waals surface area contributed by atoms with Gasteiger partial charge in [0.1, 0.15) is 11.2 Å². The Bertz CT molecular complexity index is 1960. The van der Waals surface area contributed by atoms with E-state index in [0.29, 0.717) is 44.4 Å². The minimum atomic E-state index is -0.313. The van der Waals surface area contributed by atoms with E-state index < -0.39 is 0 Å². The van der Waals surface area contributed by atoms with Crippen molar-refractivity contribution in [2.75, 3.05) is 0 Å². The molecule has 8 heteroatoms. The highest BCUT2D eigenvalue weighted by atomic mass is 16.3. The van der Waals surface area contributed by atoms with E-state index in [0.717, 1.165) is 36.5 Å². The first-order valence-corrected chi connectivity index (χ1v) is 11.9. The Labute approximate surface area is 197 Å². The summed E-state index contributed by atoms with van der Waals surface area (Å²) in [5, 5.41) is 4.99. The van der Waals surface area contributed by atoms with Gasteiger partial charge in [-0.25, -0.2) is 0 Å². The van der Waals surface area contributed by atoms with E-state index in [1.807, 2.05) is 28.9 Å². The van der Waals surface area contributed by atoms with Crippen molar-refractivity contribution in [3.05, 3.63) is 79.5 Å². The molecule has 0 saturated heterocycles. The topological polar surface area (TPSA) is 117 Å². The second kappa shape index (κ2) is 7.33. The van der Waals surface area contributed by atoms with Gasteiger partial charge in [-0.3, -0.25) is 24.2 Å². The van der Waals surface area contributed by atoms with Crippen molar-refractivity contribution in [2.45, 2.75) is 38.1 Å². The van der Waals surface area contributed by atoms with E-state index in [1.54, 1.807) is 12.1 Å². The maximum absolute atomic E-state index is 13.4. The van der Waals surface area contributed by atoms with Crippen molar-refractivity contribution in [3.63, 3.8) is 0 Å². The van der Waals surface area contributed by atoms with Crippen molar-refractivity contribution >= 4 is 44.0 Å². The number of rotatable bonds is 2. The van der Waals surface area contributed by atoms with Crippen LogP contribution in [0.15, 0.2) is 67.3 Å². The van der Waals surface area contributed by atoms with Gasteiger partial charge in [-0.1, -0.05) is 37.5 Å². The van der Waals surface area contributed by atoms with Gasteiger partial charge in [-0.15, -0.1) is 0 Å². The number of pyridine rings is 2. The molecule has 2 aromatic carbocycles. The predicted molar refractivity (Wildman–Crippen MR) is 136 cm³/mol. The summed E-state index contributed by atoms with van der Waals surface area (Å²) in [5.74, 6) is 0. The number of H-pyrrole nitrogens is 3. The number of nitrogens with zero attached hydrogens (tertiary/aromatic N) is 1. The number of furan rings is 1. The summed E-state index contributed by atoms with van der Waals surface area (Å²) >= 11 is 0. The normalized spacial score (nSPS) is 15.1. The van der Waals surface area contributed by atoms with Crippen LogP contribution in [0.1, 0.15) is 38.1 Å². The Morgan fingerprint density at radius 1 is 0.886 bits per heavy atom. The summed E-state index contributed by atoms with van der Waals surface area (Å²) in [6.45, 7) is 0. The lowest BCUT2D eigenvalue weighted by atomic mass is 9.95. The van der Waals surface area contributed by atoms with Crippen LogP contribution in [0.25, 0.3) is 55.1 Å². The molecule has 0 amide bonds. The lowest BCUT2D eigenvalue weighted by Gasteiger charge is -2.23. The van der Waals surface area contributed by atoms with Gasteiger partial charge in [0.05, 0.1) is 22.5 Å². The molecule has 0 radical (unpaired) electrons. The summed E-state index contributed by atoms with van der Waals surface area (Å²) in [6, 6.07) is 14.1. The second-order valence-corrected chi connectivity index (χ2v) is 9.39. The predicted octanol–water partition coefficient (Wildman–Crippen LogP) is 4.93. The van der Waals surface area contributed by atoms with Crippen LogP contribution in [0.5, 0.6) is 0 Å². The molecule has 1 aliphatic rings. The fourth-order valence-corrected chi connectivity index (χ4v) is 5.62. The highest BCUT2D eigenvalue weighted by molar-refractivity contribution is 6.14. The van der Waals surface area contributed by atoms with Gasteiger partial charge in [-0.05, 0) is 42.5 Å². The van der Waals surface area contributed by atoms with Crippen molar-refractivity contribution < 1.29 is 4.42 Å². The SMILES string of the molecule is O=c1ccc2c(c1)oc1c(-c3cc4ccccc4[nH]c3=O)c3c(=O)[nH]n(C4CCCCC4)c3[nH]c12. The lowest BCUT2D eigenvalue weighted by Crippen LogP contribution is -2.16. The van der Waals surface area contributed by atoms with E-state index in [2.05, 4.69) is 15.1 Å². The first kappa shape index (κ1) is 20.1. The first-order chi connectivity index (χ1) is 17.1. The molecule has 174 valence electrons. The smallest absolute Gasteiger partial charge is 0.274 e. The Kier molecular flexibility index (Phi) is 4.21. The zero-order valence-electron chi connectivity index (χ0n) is 18.8. The minimum Gasteiger partial charge on any atom is -0.454 e. The van der Waals surface area contributed by atoms with E-state index in [-0.39, 0.29) is 22.6 Å². The van der Waals surface area contributed by atoms with Crippen molar-refractivity contribution in [1.82, 2.24) is 19.7 Å². The van der Waals surface area contributed by atoms with Crippen LogP contribution in [0.3, 0.4) is 0 Å². The second-order valence-electron chi connectivity index (χ2n) is 9.39. The van der Waals surface area contributed by atoms with Gasteiger partial charge in [0.15, 0.2) is 11.0 Å². The zero-order valence-corrected chi connectivity index (χ0v) is 18.8. The van der Waals surface area contributed by atoms with Crippen LogP contribution in [0.2, 0.25) is 0 Å². The fraction of sp³-hybridized carbons (Fsp3) is 0.222. The number of para-hydroxylation sites is 1. The molecule has 0 unspecified atom stereocenters. The Balaban J connectivity index is 1.66. The third-order valence-electron chi connectivity index (χ3n) is 7.27. The van der Waals surface area contributed by atoms with Crippen LogP contribution < -0.4 is 16.5 Å². The van der Waals surface area contributed by atoms with E-state index in [1.165, 1.54) is 18.6 Å². The lowest BCUT2D eigenvalue weighted by molar-refractivity contribution is 0.335. The monoisotopic (exact) mass is 466 g/mol. The molecule has 6 aromatic rings. The molecule has 1 saturated carbocycles. The van der Waals surface area contributed by atoms with Crippen LogP contribution in [0, 0.1) is 0 Å². The fourth-order valence-electron chi connectivity index (χ4n) is 5.62. The number of hydrogen-bond donors (Lipinski definition) is 3. The van der Waals surface area contributed by atoms with Gasteiger partial charge in [-0.2, -0.15) is 0 Å². The molecule has 3 N–H and O–H groups in total. The molecule has 0 aliphatic heterocycles. The third kappa shape index (κ3) is 2.96. The molecule has 1 aliphatic carbocycles. The summed E-state index contributed by atoms with van der Waals surface area (Å²) < 4.78 is 8.08. The van der Waals surface area contributed by atoms with Crippen molar-refractivity contribution in [2.24, 2.45) is 0 Å². The zero-order chi connectivity index (χ0) is 23.7. The third-order valence-corrected chi connectivity index (χ3v) is 7.27. The molecule has 4 heterocycles. The number of aromatic amines is 3. The standard InChI is InChI=1S/C27H22N4O4/c32-16-10-11-17-20(13-16)35-24-21(18-12-14-6-4-5-9-19(14)28-26(18)33)22-25(29-23(17)24)31(30-27(22)34)15-7-2-1-3-8-15/h4-6,9-13,15,29H,1-3,7-8H2,(H,28,33)(H,30,34). The molecule has 8 nitrogen and oxygen atoms in total. The number of fused-ring (bicyclic) bond motifs is 5. The summed E-state index contributed by atoms with van der Waals surface area (Å²) in [4.78, 5) is 45.2.